The molecular weight excluding hydrogens is 315 g/mol. The lowest BCUT2D eigenvalue weighted by molar-refractivity contribution is -0.930. The average molecular weight is 333 g/mol. The minimum Gasteiger partial charge on any atom is -0.492 e. The third kappa shape index (κ3) is 2.60. The summed E-state index contributed by atoms with van der Waals surface area (Å²) in [5, 5.41) is 14.6. The molecule has 3 heterocycles. The predicted molar refractivity (Wildman–Crippen MR) is 85.3 cm³/mol. The van der Waals surface area contributed by atoms with Crippen LogP contribution in [0.15, 0.2) is 30.6 Å². The normalized spacial score (nSPS) is 17.6. The number of fused-ring (bicyclic) bond motifs is 1. The number of hydrogen-bond acceptors (Lipinski definition) is 4. The van der Waals surface area contributed by atoms with E-state index in [2.05, 4.69) is 10.1 Å². The molecule has 1 saturated heterocycles. The van der Waals surface area contributed by atoms with Gasteiger partial charge in [-0.15, -0.1) is 0 Å². The Balaban J connectivity index is 1.83. The molecule has 7 heteroatoms. The average Bonchev–Trinajstić information content (AvgIpc) is 3.13. The molecule has 23 heavy (non-hydrogen) atoms. The molecule has 5 nitrogen and oxygen atoms in total. The maximum Gasteiger partial charge on any atom is 0.235 e. The van der Waals surface area contributed by atoms with Gasteiger partial charge in [-0.3, -0.25) is 0 Å². The van der Waals surface area contributed by atoms with Crippen molar-refractivity contribution in [3.8, 4) is 5.88 Å². The first-order chi connectivity index (χ1) is 11.2. The van der Waals surface area contributed by atoms with Gasteiger partial charge in [0.2, 0.25) is 10.8 Å². The molecule has 3 aromatic rings. The van der Waals surface area contributed by atoms with Crippen molar-refractivity contribution in [3.05, 3.63) is 46.9 Å². The fourth-order valence-corrected chi connectivity index (χ4v) is 4.55. The molecule has 0 bridgehead atoms. The molecule has 1 aromatic carbocycles. The summed E-state index contributed by atoms with van der Waals surface area (Å²) in [5.74, 6) is -0.127. The molecule has 1 fully saturated rings. The Labute approximate surface area is 137 Å². The number of benzene rings is 1. The lowest BCUT2D eigenvalue weighted by atomic mass is 10.0. The summed E-state index contributed by atoms with van der Waals surface area (Å²) < 4.78 is 15.2. The van der Waals surface area contributed by atoms with E-state index in [-0.39, 0.29) is 17.7 Å². The lowest BCUT2D eigenvalue weighted by Gasteiger charge is -2.31. The third-order valence-corrected chi connectivity index (χ3v) is 5.59. The molecule has 120 valence electrons. The fourth-order valence-electron chi connectivity index (χ4n) is 3.44. The van der Waals surface area contributed by atoms with E-state index < -0.39 is 0 Å². The molecule has 2 N–H and O–H groups in total. The molecule has 0 saturated carbocycles. The first-order valence-corrected chi connectivity index (χ1v) is 8.67. The highest BCUT2D eigenvalue weighted by Crippen LogP contribution is 2.34. The zero-order valence-corrected chi connectivity index (χ0v) is 13.4. The SMILES string of the molecule is Oc1c([C@H](c2cccc(F)c2)[NH+]2CCCCC2)sc2ncnn12. The van der Waals surface area contributed by atoms with Gasteiger partial charge >= 0.3 is 0 Å². The van der Waals surface area contributed by atoms with E-state index in [1.807, 2.05) is 6.07 Å². The summed E-state index contributed by atoms with van der Waals surface area (Å²) in [5.41, 5.74) is 0.890. The fraction of sp³-hybridized carbons (Fsp3) is 0.375. The van der Waals surface area contributed by atoms with Crippen LogP contribution in [0.3, 0.4) is 0 Å². The van der Waals surface area contributed by atoms with Gasteiger partial charge in [0.25, 0.3) is 0 Å². The second-order valence-corrected chi connectivity index (χ2v) is 6.96. The first-order valence-electron chi connectivity index (χ1n) is 7.85. The molecule has 1 atom stereocenters. The molecule has 1 aliphatic heterocycles. The highest BCUT2D eigenvalue weighted by molar-refractivity contribution is 7.17. The summed E-state index contributed by atoms with van der Waals surface area (Å²) in [6.45, 7) is 2.04. The molecule has 4 rings (SSSR count). The van der Waals surface area contributed by atoms with Crippen molar-refractivity contribution >= 4 is 16.3 Å². The van der Waals surface area contributed by atoms with Gasteiger partial charge in [-0.1, -0.05) is 23.5 Å². The van der Waals surface area contributed by atoms with Crippen LogP contribution in [-0.2, 0) is 0 Å². The van der Waals surface area contributed by atoms with Gasteiger partial charge in [-0.25, -0.2) is 9.37 Å². The number of quaternary nitrogens is 1. The smallest absolute Gasteiger partial charge is 0.235 e. The first kappa shape index (κ1) is 14.6. The Morgan fingerprint density at radius 3 is 2.83 bits per heavy atom. The van der Waals surface area contributed by atoms with Crippen LogP contribution in [0.2, 0.25) is 0 Å². The van der Waals surface area contributed by atoms with Gasteiger partial charge in [-0.05, 0) is 31.4 Å². The topological polar surface area (TPSA) is 54.9 Å². The number of nitrogens with one attached hydrogen (secondary N) is 1. The Morgan fingerprint density at radius 2 is 2.09 bits per heavy atom. The van der Waals surface area contributed by atoms with Crippen molar-refractivity contribution in [1.82, 2.24) is 14.6 Å². The summed E-state index contributed by atoms with van der Waals surface area (Å²) in [7, 11) is 0. The molecular formula is C16H18FN4OS+. The van der Waals surface area contributed by atoms with Crippen molar-refractivity contribution in [1.29, 1.82) is 0 Å². The van der Waals surface area contributed by atoms with Gasteiger partial charge in [0.1, 0.15) is 17.0 Å². The Morgan fingerprint density at radius 1 is 1.26 bits per heavy atom. The molecule has 2 aromatic heterocycles. The summed E-state index contributed by atoms with van der Waals surface area (Å²) in [4.78, 5) is 7.00. The summed E-state index contributed by atoms with van der Waals surface area (Å²) >= 11 is 1.43. The van der Waals surface area contributed by atoms with Crippen LogP contribution in [0, 0.1) is 5.82 Å². The Kier molecular flexibility index (Phi) is 3.74. The Hall–Kier alpha value is -1.99. The summed E-state index contributed by atoms with van der Waals surface area (Å²) in [6.07, 6.45) is 4.98. The van der Waals surface area contributed by atoms with E-state index in [0.29, 0.717) is 4.96 Å². The van der Waals surface area contributed by atoms with E-state index in [4.69, 9.17) is 0 Å². The van der Waals surface area contributed by atoms with Crippen LogP contribution >= 0.6 is 11.3 Å². The largest absolute Gasteiger partial charge is 0.492 e. The highest BCUT2D eigenvalue weighted by atomic mass is 32.1. The molecule has 0 amide bonds. The van der Waals surface area contributed by atoms with Crippen molar-refractivity contribution in [2.45, 2.75) is 25.3 Å². The standard InChI is InChI=1S/C16H17FN4OS/c17-12-6-4-5-11(9-12)13(20-7-2-1-3-8-20)14-15(22)21-16(23-14)18-10-19-21/h4-6,9-10,13,22H,1-3,7-8H2/p+1/t13-/m0/s1. The van der Waals surface area contributed by atoms with Gasteiger partial charge in [0.15, 0.2) is 6.04 Å². The third-order valence-electron chi connectivity index (χ3n) is 4.49. The molecule has 1 aliphatic rings. The van der Waals surface area contributed by atoms with E-state index in [0.717, 1.165) is 36.4 Å². The number of nitrogens with zero attached hydrogens (tertiary/aromatic N) is 3. The number of aromatic hydroxyl groups is 1. The van der Waals surface area contributed by atoms with Crippen molar-refractivity contribution in [2.75, 3.05) is 13.1 Å². The maximum absolute atomic E-state index is 13.8. The van der Waals surface area contributed by atoms with Gasteiger partial charge in [0, 0.05) is 5.56 Å². The minimum absolute atomic E-state index is 0.0838. The second-order valence-electron chi connectivity index (χ2n) is 5.95. The van der Waals surface area contributed by atoms with Crippen LogP contribution in [0.25, 0.3) is 4.96 Å². The quantitative estimate of drug-likeness (QED) is 0.768. The van der Waals surface area contributed by atoms with Crippen LogP contribution in [0.4, 0.5) is 4.39 Å². The zero-order chi connectivity index (χ0) is 15.8. The monoisotopic (exact) mass is 333 g/mol. The number of likely N-dealkylation sites (tertiary alicyclic amines) is 1. The summed E-state index contributed by atoms with van der Waals surface area (Å²) in [6, 6.07) is 6.61. The van der Waals surface area contributed by atoms with Crippen molar-refractivity contribution in [2.24, 2.45) is 0 Å². The second kappa shape index (κ2) is 5.90. The number of aromatic nitrogens is 3. The zero-order valence-electron chi connectivity index (χ0n) is 12.6. The van der Waals surface area contributed by atoms with Crippen LogP contribution in [-0.4, -0.2) is 32.8 Å². The lowest BCUT2D eigenvalue weighted by Crippen LogP contribution is -3.13. The van der Waals surface area contributed by atoms with E-state index in [9.17, 15) is 9.50 Å². The predicted octanol–water partition coefficient (Wildman–Crippen LogP) is 1.79. The van der Waals surface area contributed by atoms with Crippen molar-refractivity contribution < 1.29 is 14.4 Å². The Bertz CT molecular complexity index is 824. The van der Waals surface area contributed by atoms with Crippen LogP contribution < -0.4 is 4.90 Å². The van der Waals surface area contributed by atoms with Crippen LogP contribution in [0.5, 0.6) is 5.88 Å². The minimum atomic E-state index is -0.247. The number of halogens is 1. The van der Waals surface area contributed by atoms with Crippen molar-refractivity contribution in [3.63, 3.8) is 0 Å². The van der Waals surface area contributed by atoms with Crippen LogP contribution in [0.1, 0.15) is 35.7 Å². The van der Waals surface area contributed by atoms with E-state index in [1.165, 1.54) is 39.6 Å². The maximum atomic E-state index is 13.8. The molecule has 0 aliphatic carbocycles. The van der Waals surface area contributed by atoms with Gasteiger partial charge in [0.05, 0.1) is 13.1 Å². The van der Waals surface area contributed by atoms with E-state index >= 15 is 0 Å². The molecule has 0 spiro atoms. The number of piperidine rings is 1. The number of rotatable bonds is 3. The molecule has 0 unspecified atom stereocenters. The number of hydrogen-bond donors (Lipinski definition) is 2. The van der Waals surface area contributed by atoms with E-state index in [1.54, 1.807) is 12.1 Å². The number of thiazole rings is 1. The van der Waals surface area contributed by atoms with Gasteiger partial charge < -0.3 is 10.0 Å². The highest BCUT2D eigenvalue weighted by Gasteiger charge is 2.33. The molecule has 0 radical (unpaired) electrons. The van der Waals surface area contributed by atoms with Gasteiger partial charge in [-0.2, -0.15) is 9.61 Å².